The summed E-state index contributed by atoms with van der Waals surface area (Å²) in [6.07, 6.45) is 4.48. The van der Waals surface area contributed by atoms with Crippen LogP contribution in [0.25, 0.3) is 0 Å². The first-order valence-electron chi connectivity index (χ1n) is 3.21. The topological polar surface area (TPSA) is 12.0 Å². The van der Waals surface area contributed by atoms with Crippen LogP contribution in [0.2, 0.25) is 0 Å². The van der Waals surface area contributed by atoms with Gasteiger partial charge in [-0.3, -0.25) is 0 Å². The molecule has 1 heteroatoms. The molecule has 1 heterocycles. The lowest BCUT2D eigenvalue weighted by Crippen LogP contribution is -2.31. The fourth-order valence-electron chi connectivity index (χ4n) is 0.864. The molecule has 0 aromatic carbocycles. The molecule has 0 bridgehead atoms. The summed E-state index contributed by atoms with van der Waals surface area (Å²) >= 11 is 0. The Kier molecular flexibility index (Phi) is 1.69. The van der Waals surface area contributed by atoms with Crippen molar-refractivity contribution in [3.63, 3.8) is 0 Å². The monoisotopic (exact) mass is 111 g/mol. The van der Waals surface area contributed by atoms with Crippen LogP contribution >= 0.6 is 0 Å². The largest absolute Gasteiger partial charge is 0.310 e. The lowest BCUT2D eigenvalue weighted by molar-refractivity contribution is 0.530. The van der Waals surface area contributed by atoms with Gasteiger partial charge in [-0.05, 0) is 12.8 Å². The van der Waals surface area contributed by atoms with Crippen LogP contribution in [0, 0.1) is 5.92 Å². The van der Waals surface area contributed by atoms with Crippen molar-refractivity contribution in [2.45, 2.75) is 19.9 Å². The van der Waals surface area contributed by atoms with Crippen LogP contribution < -0.4 is 5.32 Å². The molecule has 2 unspecified atom stereocenters. The van der Waals surface area contributed by atoms with Gasteiger partial charge in [-0.1, -0.05) is 19.1 Å². The summed E-state index contributed by atoms with van der Waals surface area (Å²) in [7, 11) is 0. The number of nitrogens with one attached hydrogen (secondary N) is 1. The van der Waals surface area contributed by atoms with E-state index >= 15 is 0 Å². The predicted octanol–water partition coefficient (Wildman–Crippen LogP) is 1.17. The Bertz CT molecular complexity index is 84.6. The summed E-state index contributed by atoms with van der Waals surface area (Å²) in [5, 5.41) is 3.34. The summed E-state index contributed by atoms with van der Waals surface area (Å²) in [5.74, 6) is 0.728. The highest BCUT2D eigenvalue weighted by Gasteiger charge is 2.04. The fraction of sp³-hybridized carbons (Fsp3) is 0.714. The van der Waals surface area contributed by atoms with E-state index in [9.17, 15) is 0 Å². The molecule has 1 N–H and O–H groups in total. The Morgan fingerprint density at radius 2 is 2.12 bits per heavy atom. The Morgan fingerprint density at radius 3 is 2.50 bits per heavy atom. The highest BCUT2D eigenvalue weighted by molar-refractivity contribution is 4.98. The van der Waals surface area contributed by atoms with Crippen molar-refractivity contribution >= 4 is 0 Å². The van der Waals surface area contributed by atoms with Crippen molar-refractivity contribution in [2.24, 2.45) is 5.92 Å². The molecule has 46 valence electrons. The first-order chi connectivity index (χ1) is 3.79. The predicted molar refractivity (Wildman–Crippen MR) is 35.8 cm³/mol. The Labute approximate surface area is 50.8 Å². The zero-order valence-corrected chi connectivity index (χ0v) is 5.52. The number of hydrogen-bond donors (Lipinski definition) is 1. The molecule has 0 spiro atoms. The van der Waals surface area contributed by atoms with Crippen LogP contribution in [0.15, 0.2) is 12.2 Å². The average molecular weight is 111 g/mol. The molecule has 1 nitrogen and oxygen atoms in total. The van der Waals surface area contributed by atoms with Crippen molar-refractivity contribution < 1.29 is 0 Å². The minimum atomic E-state index is 0.589. The minimum Gasteiger partial charge on any atom is -0.310 e. The maximum absolute atomic E-state index is 3.34. The van der Waals surface area contributed by atoms with Gasteiger partial charge in [0.15, 0.2) is 0 Å². The molecule has 1 aliphatic heterocycles. The van der Waals surface area contributed by atoms with E-state index in [-0.39, 0.29) is 0 Å². The molecule has 0 amide bonds. The van der Waals surface area contributed by atoms with E-state index in [2.05, 4.69) is 31.3 Å². The van der Waals surface area contributed by atoms with Gasteiger partial charge in [-0.25, -0.2) is 0 Å². The van der Waals surface area contributed by atoms with Crippen LogP contribution in [0.1, 0.15) is 13.8 Å². The summed E-state index contributed by atoms with van der Waals surface area (Å²) in [5.41, 5.74) is 0. The third-order valence-corrected chi connectivity index (χ3v) is 1.49. The van der Waals surface area contributed by atoms with Gasteiger partial charge in [-0.2, -0.15) is 0 Å². The molecule has 0 saturated heterocycles. The average Bonchev–Trinajstić information content (AvgIpc) is 1.77. The lowest BCUT2D eigenvalue weighted by Gasteiger charge is -2.17. The summed E-state index contributed by atoms with van der Waals surface area (Å²) in [4.78, 5) is 0. The van der Waals surface area contributed by atoms with Gasteiger partial charge >= 0.3 is 0 Å². The molecule has 2 atom stereocenters. The van der Waals surface area contributed by atoms with Crippen LogP contribution in [-0.2, 0) is 0 Å². The van der Waals surface area contributed by atoms with E-state index < -0.39 is 0 Å². The molecule has 0 aromatic heterocycles. The minimum absolute atomic E-state index is 0.589. The summed E-state index contributed by atoms with van der Waals surface area (Å²) < 4.78 is 0. The first-order valence-corrected chi connectivity index (χ1v) is 3.21. The summed E-state index contributed by atoms with van der Waals surface area (Å²) in [6, 6.07) is 0.589. The first kappa shape index (κ1) is 5.83. The van der Waals surface area contributed by atoms with Crippen LogP contribution in [0.3, 0.4) is 0 Å². The molecule has 1 rings (SSSR count). The molecular formula is C7H13N. The van der Waals surface area contributed by atoms with Crippen LogP contribution in [0.4, 0.5) is 0 Å². The summed E-state index contributed by atoms with van der Waals surface area (Å²) in [6.45, 7) is 5.52. The molecule has 1 aliphatic rings. The molecule has 0 radical (unpaired) electrons. The smallest absolute Gasteiger partial charge is 0.0221 e. The van der Waals surface area contributed by atoms with Gasteiger partial charge in [-0.15, -0.1) is 0 Å². The van der Waals surface area contributed by atoms with Crippen molar-refractivity contribution in [2.75, 3.05) is 6.54 Å². The van der Waals surface area contributed by atoms with Gasteiger partial charge in [0.25, 0.3) is 0 Å². The zero-order chi connectivity index (χ0) is 5.98. The maximum atomic E-state index is 3.34. The van der Waals surface area contributed by atoms with Gasteiger partial charge in [0.2, 0.25) is 0 Å². The van der Waals surface area contributed by atoms with Crippen molar-refractivity contribution in [3.8, 4) is 0 Å². The van der Waals surface area contributed by atoms with E-state index in [1.165, 1.54) is 0 Å². The van der Waals surface area contributed by atoms with E-state index in [0.717, 1.165) is 12.5 Å². The maximum Gasteiger partial charge on any atom is 0.0221 e. The van der Waals surface area contributed by atoms with Gasteiger partial charge in [0.1, 0.15) is 0 Å². The zero-order valence-electron chi connectivity index (χ0n) is 5.52. The standard InChI is InChI=1S/C7H13N/c1-6-3-4-7(2)8-5-6/h3-4,6-8H,5H2,1-2H3. The lowest BCUT2D eigenvalue weighted by atomic mass is 10.1. The van der Waals surface area contributed by atoms with E-state index in [1.807, 2.05) is 0 Å². The van der Waals surface area contributed by atoms with E-state index in [1.54, 1.807) is 0 Å². The third-order valence-electron chi connectivity index (χ3n) is 1.49. The number of rotatable bonds is 0. The van der Waals surface area contributed by atoms with Crippen LogP contribution in [-0.4, -0.2) is 12.6 Å². The molecule has 8 heavy (non-hydrogen) atoms. The highest BCUT2D eigenvalue weighted by Crippen LogP contribution is 2.02. The van der Waals surface area contributed by atoms with E-state index in [0.29, 0.717) is 6.04 Å². The highest BCUT2D eigenvalue weighted by atomic mass is 14.9. The normalized spacial score (nSPS) is 37.8. The second kappa shape index (κ2) is 2.31. The number of hydrogen-bond acceptors (Lipinski definition) is 1. The molecule has 0 aromatic rings. The van der Waals surface area contributed by atoms with Crippen LogP contribution in [0.5, 0.6) is 0 Å². The van der Waals surface area contributed by atoms with Crippen molar-refractivity contribution in [1.82, 2.24) is 5.32 Å². The Morgan fingerprint density at radius 1 is 1.38 bits per heavy atom. The fourth-order valence-corrected chi connectivity index (χ4v) is 0.864. The molecule has 0 saturated carbocycles. The van der Waals surface area contributed by atoms with Crippen molar-refractivity contribution in [3.05, 3.63) is 12.2 Å². The Balaban J connectivity index is 2.42. The SMILES string of the molecule is CC1C=CC(C)NC1. The molecule has 0 aliphatic carbocycles. The van der Waals surface area contributed by atoms with Crippen molar-refractivity contribution in [1.29, 1.82) is 0 Å². The van der Waals surface area contributed by atoms with E-state index in [4.69, 9.17) is 0 Å². The van der Waals surface area contributed by atoms with Gasteiger partial charge in [0.05, 0.1) is 0 Å². The molecule has 0 fully saturated rings. The van der Waals surface area contributed by atoms with Gasteiger partial charge < -0.3 is 5.32 Å². The van der Waals surface area contributed by atoms with Gasteiger partial charge in [0, 0.05) is 12.6 Å². The second-order valence-electron chi connectivity index (χ2n) is 2.56. The quantitative estimate of drug-likeness (QED) is 0.463. The molecular weight excluding hydrogens is 98.1 g/mol. The second-order valence-corrected chi connectivity index (χ2v) is 2.56. The Hall–Kier alpha value is -0.300. The third kappa shape index (κ3) is 1.34.